The smallest absolute Gasteiger partial charge is 0.160 e. The average Bonchev–Trinajstić information content (AvgIpc) is 2.91. The lowest BCUT2D eigenvalue weighted by Gasteiger charge is -2.12. The summed E-state index contributed by atoms with van der Waals surface area (Å²) in [5, 5.41) is 14.2. The van der Waals surface area contributed by atoms with Crippen LogP contribution in [0, 0.1) is 0 Å². The van der Waals surface area contributed by atoms with Crippen LogP contribution >= 0.6 is 11.3 Å². The molecule has 0 saturated heterocycles. The van der Waals surface area contributed by atoms with Gasteiger partial charge in [-0.15, -0.1) is 0 Å². The van der Waals surface area contributed by atoms with Gasteiger partial charge in [-0.05, 0) is 52.9 Å². The van der Waals surface area contributed by atoms with Crippen LogP contribution in [0.25, 0.3) is 0 Å². The molecule has 1 aromatic carbocycles. The Bertz CT molecular complexity index is 508. The van der Waals surface area contributed by atoms with E-state index in [1.54, 1.807) is 25.6 Å². The Morgan fingerprint density at radius 3 is 2.42 bits per heavy atom. The minimum Gasteiger partial charge on any atom is -0.493 e. The first kappa shape index (κ1) is 13.9. The summed E-state index contributed by atoms with van der Waals surface area (Å²) in [6.07, 6.45) is 0.904. The number of thiophene rings is 1. The second kappa shape index (κ2) is 6.59. The third kappa shape index (κ3) is 3.72. The largest absolute Gasteiger partial charge is 0.493 e. The zero-order valence-electron chi connectivity index (χ0n) is 11.1. The van der Waals surface area contributed by atoms with Gasteiger partial charge in [-0.3, -0.25) is 0 Å². The lowest BCUT2D eigenvalue weighted by molar-refractivity contribution is 0.175. The average molecular weight is 278 g/mol. The van der Waals surface area contributed by atoms with Gasteiger partial charge in [-0.25, -0.2) is 0 Å². The Hall–Kier alpha value is -1.52. The molecule has 3 nitrogen and oxygen atoms in total. The molecule has 0 aliphatic heterocycles. The van der Waals surface area contributed by atoms with Gasteiger partial charge >= 0.3 is 0 Å². The topological polar surface area (TPSA) is 38.7 Å². The summed E-state index contributed by atoms with van der Waals surface area (Å²) in [6.45, 7) is 0. The standard InChI is InChI=1S/C15H18O3S/c1-17-14-4-3-11(9-15(14)18-2)7-13(16)8-12-5-6-19-10-12/h3-6,9-10,13,16H,7-8H2,1-2H3. The summed E-state index contributed by atoms with van der Waals surface area (Å²) in [6, 6.07) is 7.78. The van der Waals surface area contributed by atoms with Crippen molar-refractivity contribution in [2.24, 2.45) is 0 Å². The predicted octanol–water partition coefficient (Wildman–Crippen LogP) is 2.91. The molecule has 0 fully saturated rings. The van der Waals surface area contributed by atoms with E-state index in [0.29, 0.717) is 24.3 Å². The Labute approximate surface area is 117 Å². The molecule has 1 atom stereocenters. The summed E-state index contributed by atoms with van der Waals surface area (Å²) in [5.74, 6) is 1.40. The maximum atomic E-state index is 10.1. The number of aliphatic hydroxyl groups is 1. The molecule has 0 bridgehead atoms. The molecule has 1 aromatic heterocycles. The molecule has 2 aromatic rings. The van der Waals surface area contributed by atoms with Crippen molar-refractivity contribution in [1.29, 1.82) is 0 Å². The molecule has 0 aliphatic rings. The van der Waals surface area contributed by atoms with Gasteiger partial charge < -0.3 is 14.6 Å². The zero-order valence-corrected chi connectivity index (χ0v) is 11.9. The van der Waals surface area contributed by atoms with Gasteiger partial charge in [0.25, 0.3) is 0 Å². The van der Waals surface area contributed by atoms with Crippen molar-refractivity contribution in [3.63, 3.8) is 0 Å². The summed E-state index contributed by atoms with van der Waals surface area (Å²) in [4.78, 5) is 0. The van der Waals surface area contributed by atoms with Gasteiger partial charge in [-0.2, -0.15) is 11.3 Å². The van der Waals surface area contributed by atoms with Gasteiger partial charge in [0.1, 0.15) is 0 Å². The fraction of sp³-hybridized carbons (Fsp3) is 0.333. The molecule has 0 radical (unpaired) electrons. The van der Waals surface area contributed by atoms with Crippen LogP contribution in [0.5, 0.6) is 11.5 Å². The van der Waals surface area contributed by atoms with E-state index < -0.39 is 0 Å². The number of methoxy groups -OCH3 is 2. The molecule has 2 rings (SSSR count). The van der Waals surface area contributed by atoms with E-state index in [9.17, 15) is 5.11 Å². The first-order valence-electron chi connectivity index (χ1n) is 6.13. The highest BCUT2D eigenvalue weighted by molar-refractivity contribution is 7.07. The van der Waals surface area contributed by atoms with E-state index in [1.165, 1.54) is 5.56 Å². The van der Waals surface area contributed by atoms with Crippen LogP contribution in [0.1, 0.15) is 11.1 Å². The Balaban J connectivity index is 2.02. The molecule has 19 heavy (non-hydrogen) atoms. The molecular weight excluding hydrogens is 260 g/mol. The first-order chi connectivity index (χ1) is 9.22. The molecule has 0 spiro atoms. The van der Waals surface area contributed by atoms with Crippen LogP contribution in [0.2, 0.25) is 0 Å². The molecule has 0 aliphatic carbocycles. The Morgan fingerprint density at radius 1 is 1.05 bits per heavy atom. The highest BCUT2D eigenvalue weighted by Crippen LogP contribution is 2.28. The quantitative estimate of drug-likeness (QED) is 0.883. The molecular formula is C15H18O3S. The molecule has 1 unspecified atom stereocenters. The number of rotatable bonds is 6. The van der Waals surface area contributed by atoms with Crippen molar-refractivity contribution in [3.05, 3.63) is 46.2 Å². The highest BCUT2D eigenvalue weighted by atomic mass is 32.1. The van der Waals surface area contributed by atoms with Crippen LogP contribution < -0.4 is 9.47 Å². The second-order valence-electron chi connectivity index (χ2n) is 4.38. The SMILES string of the molecule is COc1ccc(CC(O)Cc2ccsc2)cc1OC. The van der Waals surface area contributed by atoms with Crippen LogP contribution in [-0.2, 0) is 12.8 Å². The third-order valence-electron chi connectivity index (χ3n) is 2.97. The highest BCUT2D eigenvalue weighted by Gasteiger charge is 2.10. The van der Waals surface area contributed by atoms with Crippen molar-refractivity contribution in [2.75, 3.05) is 14.2 Å². The van der Waals surface area contributed by atoms with E-state index >= 15 is 0 Å². The third-order valence-corrected chi connectivity index (χ3v) is 3.70. The zero-order chi connectivity index (χ0) is 13.7. The fourth-order valence-electron chi connectivity index (χ4n) is 2.03. The maximum Gasteiger partial charge on any atom is 0.160 e. The van der Waals surface area contributed by atoms with Crippen molar-refractivity contribution in [1.82, 2.24) is 0 Å². The van der Waals surface area contributed by atoms with Gasteiger partial charge in [0.15, 0.2) is 11.5 Å². The van der Waals surface area contributed by atoms with Gasteiger partial charge in [0, 0.05) is 0 Å². The normalized spacial score (nSPS) is 12.2. The Morgan fingerprint density at radius 2 is 1.79 bits per heavy atom. The van der Waals surface area contributed by atoms with Crippen LogP contribution in [0.15, 0.2) is 35.0 Å². The Kier molecular flexibility index (Phi) is 4.82. The molecule has 1 N–H and O–H groups in total. The number of benzene rings is 1. The number of hydrogen-bond acceptors (Lipinski definition) is 4. The molecule has 4 heteroatoms. The van der Waals surface area contributed by atoms with Gasteiger partial charge in [0.05, 0.1) is 20.3 Å². The van der Waals surface area contributed by atoms with Crippen LogP contribution in [0.3, 0.4) is 0 Å². The predicted molar refractivity (Wildman–Crippen MR) is 77.3 cm³/mol. The minimum absolute atomic E-state index is 0.382. The maximum absolute atomic E-state index is 10.1. The van der Waals surface area contributed by atoms with E-state index in [0.717, 1.165) is 5.56 Å². The second-order valence-corrected chi connectivity index (χ2v) is 5.16. The van der Waals surface area contributed by atoms with Crippen molar-refractivity contribution >= 4 is 11.3 Å². The van der Waals surface area contributed by atoms with Crippen molar-refractivity contribution in [3.8, 4) is 11.5 Å². The number of aliphatic hydroxyl groups excluding tert-OH is 1. The summed E-state index contributed by atoms with van der Waals surface area (Å²) >= 11 is 1.65. The van der Waals surface area contributed by atoms with Crippen molar-refractivity contribution in [2.45, 2.75) is 18.9 Å². The van der Waals surface area contributed by atoms with E-state index in [-0.39, 0.29) is 6.10 Å². The lowest BCUT2D eigenvalue weighted by Crippen LogP contribution is -2.13. The van der Waals surface area contributed by atoms with Crippen LogP contribution in [0.4, 0.5) is 0 Å². The van der Waals surface area contributed by atoms with Crippen molar-refractivity contribution < 1.29 is 14.6 Å². The molecule has 1 heterocycles. The number of ether oxygens (including phenoxy) is 2. The van der Waals surface area contributed by atoms with Gasteiger partial charge in [-0.1, -0.05) is 6.07 Å². The first-order valence-corrected chi connectivity index (χ1v) is 7.07. The summed E-state index contributed by atoms with van der Waals surface area (Å²) in [5.41, 5.74) is 2.22. The van der Waals surface area contributed by atoms with E-state index in [1.807, 2.05) is 29.6 Å². The summed E-state index contributed by atoms with van der Waals surface area (Å²) < 4.78 is 10.5. The van der Waals surface area contributed by atoms with Gasteiger partial charge in [0.2, 0.25) is 0 Å². The fourth-order valence-corrected chi connectivity index (χ4v) is 2.71. The minimum atomic E-state index is -0.382. The monoisotopic (exact) mass is 278 g/mol. The molecule has 0 saturated carbocycles. The van der Waals surface area contributed by atoms with E-state index in [4.69, 9.17) is 9.47 Å². The van der Waals surface area contributed by atoms with Crippen LogP contribution in [-0.4, -0.2) is 25.4 Å². The lowest BCUT2D eigenvalue weighted by atomic mass is 10.0. The molecule has 0 amide bonds. The van der Waals surface area contributed by atoms with E-state index in [2.05, 4.69) is 5.38 Å². The summed E-state index contributed by atoms with van der Waals surface area (Å²) in [7, 11) is 3.23. The number of hydrogen-bond donors (Lipinski definition) is 1. The molecule has 102 valence electrons.